The zero-order chi connectivity index (χ0) is 24.4. The number of fused-ring (bicyclic) bond motifs is 1. The van der Waals surface area contributed by atoms with Crippen molar-refractivity contribution >= 4 is 28.3 Å². The van der Waals surface area contributed by atoms with Crippen molar-refractivity contribution in [2.75, 3.05) is 20.1 Å². The molecule has 0 unspecified atom stereocenters. The lowest BCUT2D eigenvalue weighted by Crippen LogP contribution is -2.49. The van der Waals surface area contributed by atoms with E-state index in [2.05, 4.69) is 32.2 Å². The molecule has 1 fully saturated rings. The van der Waals surface area contributed by atoms with Crippen LogP contribution in [0.3, 0.4) is 0 Å². The Morgan fingerprint density at radius 2 is 2.17 bits per heavy atom. The van der Waals surface area contributed by atoms with E-state index in [4.69, 9.17) is 10.5 Å². The first-order valence-electron chi connectivity index (χ1n) is 11.5. The summed E-state index contributed by atoms with van der Waals surface area (Å²) in [6.45, 7) is 1.90. The summed E-state index contributed by atoms with van der Waals surface area (Å²) in [5.41, 5.74) is 10.0. The maximum atomic E-state index is 15.0. The van der Waals surface area contributed by atoms with Gasteiger partial charge in [0.15, 0.2) is 11.6 Å². The van der Waals surface area contributed by atoms with Crippen molar-refractivity contribution in [1.29, 1.82) is 0 Å². The Morgan fingerprint density at radius 3 is 2.91 bits per heavy atom. The molecule has 0 saturated carbocycles. The number of aromatic nitrogens is 3. The van der Waals surface area contributed by atoms with Crippen LogP contribution < -0.4 is 15.8 Å². The van der Waals surface area contributed by atoms with Crippen LogP contribution in [0.15, 0.2) is 48.4 Å². The molecular formula is C25H27FN6O2S. The van der Waals surface area contributed by atoms with E-state index < -0.39 is 11.9 Å². The number of hydrogen-bond donors (Lipinski definition) is 3. The first kappa shape index (κ1) is 23.4. The monoisotopic (exact) mass is 494 g/mol. The zero-order valence-corrected chi connectivity index (χ0v) is 20.1. The average Bonchev–Trinajstić information content (AvgIpc) is 3.52. The van der Waals surface area contributed by atoms with E-state index in [1.54, 1.807) is 36.1 Å². The van der Waals surface area contributed by atoms with Gasteiger partial charge in [0.05, 0.1) is 21.8 Å². The predicted molar refractivity (Wildman–Crippen MR) is 134 cm³/mol. The van der Waals surface area contributed by atoms with Gasteiger partial charge in [-0.05, 0) is 63.2 Å². The summed E-state index contributed by atoms with van der Waals surface area (Å²) in [6.07, 6.45) is 7.27. The van der Waals surface area contributed by atoms with Crippen LogP contribution in [-0.2, 0) is 11.2 Å². The number of hydrogen-bond acceptors (Lipinski definition) is 7. The van der Waals surface area contributed by atoms with E-state index in [1.807, 2.05) is 6.20 Å². The number of nitrogens with two attached hydrogens (primary N) is 1. The Balaban J connectivity index is 1.28. The molecule has 1 saturated heterocycles. The fraction of sp³-hybridized carbons (Fsp3) is 0.320. The third-order valence-corrected chi connectivity index (χ3v) is 7.11. The first-order chi connectivity index (χ1) is 17.0. The van der Waals surface area contributed by atoms with Crippen LogP contribution in [0.5, 0.6) is 11.5 Å². The highest BCUT2D eigenvalue weighted by atomic mass is 32.1. The molecule has 10 heteroatoms. The third kappa shape index (κ3) is 5.19. The lowest BCUT2D eigenvalue weighted by atomic mass is 10.0. The number of ether oxygens (including phenoxy) is 1. The van der Waals surface area contributed by atoms with Gasteiger partial charge in [-0.25, -0.2) is 9.37 Å². The largest absolute Gasteiger partial charge is 0.453 e. The third-order valence-electron chi connectivity index (χ3n) is 6.31. The number of amides is 1. The minimum atomic E-state index is -0.748. The van der Waals surface area contributed by atoms with Crippen molar-refractivity contribution < 1.29 is 13.9 Å². The Labute approximate surface area is 206 Å². The minimum Gasteiger partial charge on any atom is -0.453 e. The number of nitrogens with zero attached hydrogens (tertiary/aromatic N) is 3. The summed E-state index contributed by atoms with van der Waals surface area (Å²) >= 11 is 1.50. The molecule has 1 atom stereocenters. The number of H-pyrrole nitrogens is 1. The molecule has 1 aliphatic heterocycles. The summed E-state index contributed by atoms with van der Waals surface area (Å²) in [4.78, 5) is 27.3. The van der Waals surface area contributed by atoms with Crippen LogP contribution >= 0.6 is 11.3 Å². The number of nitrogens with one attached hydrogen (secondary N) is 2. The van der Waals surface area contributed by atoms with Crippen LogP contribution in [0.25, 0.3) is 21.5 Å². The summed E-state index contributed by atoms with van der Waals surface area (Å²) < 4.78 is 21.0. The molecule has 5 rings (SSSR count). The molecule has 35 heavy (non-hydrogen) atoms. The van der Waals surface area contributed by atoms with E-state index in [-0.39, 0.29) is 24.1 Å². The van der Waals surface area contributed by atoms with Gasteiger partial charge in [-0.2, -0.15) is 0 Å². The number of thiazole rings is 1. The van der Waals surface area contributed by atoms with E-state index in [0.29, 0.717) is 17.0 Å². The molecule has 4 N–H and O–H groups in total. The second kappa shape index (κ2) is 10.1. The van der Waals surface area contributed by atoms with Crippen molar-refractivity contribution in [1.82, 2.24) is 25.2 Å². The SMILES string of the molecule is CN1CCC(NC(=O)[C@@H](N)Cc2ccc(Oc3ccnc4[nH]cc(-c5cncs5)c34)c(F)c2)CC1. The van der Waals surface area contributed by atoms with Crippen LogP contribution in [0.4, 0.5) is 4.39 Å². The molecule has 1 amide bonds. The van der Waals surface area contributed by atoms with Crippen LogP contribution in [0.2, 0.25) is 0 Å². The number of likely N-dealkylation sites (tertiary alicyclic amines) is 1. The van der Waals surface area contributed by atoms with Crippen molar-refractivity contribution in [3.8, 4) is 21.9 Å². The highest BCUT2D eigenvalue weighted by molar-refractivity contribution is 7.13. The standard InChI is InChI=1S/C25H27FN6O2S/c1-32-8-5-16(6-9-32)31-25(33)19(27)11-15-2-3-20(18(26)10-15)34-21-4-7-29-24-23(21)17(12-30-24)22-13-28-14-35-22/h2-4,7,10,12-14,16,19H,5-6,8-9,11,27H2,1H3,(H,29,30)(H,31,33)/t19-/m0/s1. The summed E-state index contributed by atoms with van der Waals surface area (Å²) in [6, 6.07) is 5.77. The van der Waals surface area contributed by atoms with Gasteiger partial charge in [-0.3, -0.25) is 9.78 Å². The van der Waals surface area contributed by atoms with Gasteiger partial charge in [0.25, 0.3) is 0 Å². The first-order valence-corrected chi connectivity index (χ1v) is 12.4. The molecule has 182 valence electrons. The molecule has 8 nitrogen and oxygen atoms in total. The van der Waals surface area contributed by atoms with Crippen molar-refractivity contribution in [3.63, 3.8) is 0 Å². The van der Waals surface area contributed by atoms with E-state index in [9.17, 15) is 9.18 Å². The number of carbonyl (C=O) groups excluding carboxylic acids is 1. The van der Waals surface area contributed by atoms with E-state index >= 15 is 0 Å². The molecule has 0 radical (unpaired) electrons. The predicted octanol–water partition coefficient (Wildman–Crippen LogP) is 3.70. The number of piperidine rings is 1. The van der Waals surface area contributed by atoms with Crippen LogP contribution in [-0.4, -0.2) is 58.0 Å². The number of pyridine rings is 1. The van der Waals surface area contributed by atoms with Crippen molar-refractivity contribution in [2.45, 2.75) is 31.3 Å². The van der Waals surface area contributed by atoms with Crippen LogP contribution in [0.1, 0.15) is 18.4 Å². The lowest BCUT2D eigenvalue weighted by molar-refractivity contribution is -0.123. The van der Waals surface area contributed by atoms with Gasteiger partial charge in [0, 0.05) is 30.2 Å². The normalized spacial score (nSPS) is 15.9. The Bertz CT molecular complexity index is 1320. The molecule has 1 aromatic carbocycles. The van der Waals surface area contributed by atoms with E-state index in [1.165, 1.54) is 17.4 Å². The Kier molecular flexibility index (Phi) is 6.76. The van der Waals surface area contributed by atoms with Gasteiger partial charge < -0.3 is 25.7 Å². The van der Waals surface area contributed by atoms with E-state index in [0.717, 1.165) is 41.8 Å². The maximum absolute atomic E-state index is 15.0. The zero-order valence-electron chi connectivity index (χ0n) is 19.3. The highest BCUT2D eigenvalue weighted by Gasteiger charge is 2.22. The van der Waals surface area contributed by atoms with Gasteiger partial charge in [0.1, 0.15) is 11.4 Å². The number of halogens is 1. The second-order valence-electron chi connectivity index (χ2n) is 8.86. The summed E-state index contributed by atoms with van der Waals surface area (Å²) in [5, 5.41) is 3.79. The smallest absolute Gasteiger partial charge is 0.237 e. The number of benzene rings is 1. The summed E-state index contributed by atoms with van der Waals surface area (Å²) in [7, 11) is 2.07. The topological polar surface area (TPSA) is 109 Å². The molecule has 4 heterocycles. The molecule has 3 aromatic heterocycles. The van der Waals surface area contributed by atoms with Gasteiger partial charge in [0.2, 0.25) is 5.91 Å². The fourth-order valence-corrected chi connectivity index (χ4v) is 4.98. The molecular weight excluding hydrogens is 467 g/mol. The molecule has 0 spiro atoms. The van der Waals surface area contributed by atoms with Gasteiger partial charge in [-0.15, -0.1) is 11.3 Å². The van der Waals surface area contributed by atoms with Gasteiger partial charge >= 0.3 is 0 Å². The van der Waals surface area contributed by atoms with Crippen molar-refractivity contribution in [2.24, 2.45) is 5.73 Å². The second-order valence-corrected chi connectivity index (χ2v) is 9.75. The molecule has 4 aromatic rings. The number of carbonyl (C=O) groups is 1. The quantitative estimate of drug-likeness (QED) is 0.362. The average molecular weight is 495 g/mol. The number of rotatable bonds is 7. The van der Waals surface area contributed by atoms with Gasteiger partial charge in [-0.1, -0.05) is 6.07 Å². The van der Waals surface area contributed by atoms with Crippen LogP contribution in [0, 0.1) is 5.82 Å². The number of aromatic amines is 1. The fourth-order valence-electron chi connectivity index (χ4n) is 4.34. The highest BCUT2D eigenvalue weighted by Crippen LogP contribution is 2.38. The Hall–Kier alpha value is -3.34. The molecule has 0 aliphatic carbocycles. The lowest BCUT2D eigenvalue weighted by Gasteiger charge is -2.30. The molecule has 1 aliphatic rings. The molecule has 0 bridgehead atoms. The summed E-state index contributed by atoms with van der Waals surface area (Å²) in [5.74, 6) is -0.157. The van der Waals surface area contributed by atoms with Crippen molar-refractivity contribution in [3.05, 3.63) is 59.7 Å². The Morgan fingerprint density at radius 1 is 1.34 bits per heavy atom. The maximum Gasteiger partial charge on any atom is 0.237 e. The minimum absolute atomic E-state index is 0.0852.